The molecule has 0 unspecified atom stereocenters. The predicted molar refractivity (Wildman–Crippen MR) is 244 cm³/mol. The first-order chi connectivity index (χ1) is 29.3. The van der Waals surface area contributed by atoms with Gasteiger partial charge in [0.15, 0.2) is 0 Å². The highest BCUT2D eigenvalue weighted by Gasteiger charge is 2.26. The molecule has 62 heavy (non-hydrogen) atoms. The van der Waals surface area contributed by atoms with E-state index in [-0.39, 0.29) is 93.0 Å². The standard InChI is InChI=1S/C51H73N3O8/c1-13-52(14-2)46(55)25-43-35-19-34(49(58)59)20-36(43)29-61-31-38-22-42(51(10,11)12)24-40(45(38)27-48(57)54(17-5)18-6)33-62-32-39-23-41(50(7,8)9)21-37(30-60-28-35)44(39)26-47(56)53(15-3)16-4/h19-24H,13-18,25-33H2,1-12H3,(H,58,59). The van der Waals surface area contributed by atoms with E-state index in [4.69, 9.17) is 14.2 Å². The van der Waals surface area contributed by atoms with E-state index in [2.05, 4.69) is 65.8 Å². The third-order valence-corrected chi connectivity index (χ3v) is 12.2. The van der Waals surface area contributed by atoms with Crippen LogP contribution in [0.15, 0.2) is 36.4 Å². The molecule has 0 aromatic heterocycles. The predicted octanol–water partition coefficient (Wildman–Crippen LogP) is 8.68. The van der Waals surface area contributed by atoms with E-state index in [0.29, 0.717) is 56.0 Å². The summed E-state index contributed by atoms with van der Waals surface area (Å²) in [5, 5.41) is 10.4. The van der Waals surface area contributed by atoms with Crippen LogP contribution < -0.4 is 0 Å². The van der Waals surface area contributed by atoms with Gasteiger partial charge in [0.1, 0.15) is 0 Å². The molecule has 11 heteroatoms. The second-order valence-corrected chi connectivity index (χ2v) is 18.3. The van der Waals surface area contributed by atoms with Crippen LogP contribution in [0.5, 0.6) is 0 Å². The number of carbonyl (C=O) groups is 4. The van der Waals surface area contributed by atoms with E-state index in [1.54, 1.807) is 17.0 Å². The van der Waals surface area contributed by atoms with Gasteiger partial charge in [0.25, 0.3) is 0 Å². The molecule has 0 saturated carbocycles. The smallest absolute Gasteiger partial charge is 0.335 e. The zero-order valence-corrected chi connectivity index (χ0v) is 39.7. The Hall–Kier alpha value is -4.58. The summed E-state index contributed by atoms with van der Waals surface area (Å²) in [6.45, 7) is 28.8. The topological polar surface area (TPSA) is 126 Å². The Labute approximate surface area is 371 Å². The number of aromatic carboxylic acids is 1. The molecule has 0 atom stereocenters. The van der Waals surface area contributed by atoms with Gasteiger partial charge in [-0.05, 0) is 126 Å². The quantitative estimate of drug-likeness (QED) is 0.181. The number of carboxylic acid groups (broad SMARTS) is 1. The van der Waals surface area contributed by atoms with Crippen molar-refractivity contribution >= 4 is 23.7 Å². The van der Waals surface area contributed by atoms with Crippen molar-refractivity contribution in [3.05, 3.63) is 103 Å². The molecule has 4 rings (SSSR count). The van der Waals surface area contributed by atoms with E-state index >= 15 is 0 Å². The Morgan fingerprint density at radius 3 is 0.871 bits per heavy atom. The fraction of sp³-hybridized carbons (Fsp3) is 0.569. The first kappa shape index (κ1) is 50.1. The maximum atomic E-state index is 13.9. The lowest BCUT2D eigenvalue weighted by Gasteiger charge is -2.27. The van der Waals surface area contributed by atoms with Gasteiger partial charge < -0.3 is 34.0 Å². The summed E-state index contributed by atoms with van der Waals surface area (Å²) in [6, 6.07) is 11.7. The Morgan fingerprint density at radius 2 is 0.677 bits per heavy atom. The van der Waals surface area contributed by atoms with Crippen LogP contribution in [0.3, 0.4) is 0 Å². The number of likely N-dealkylation sites (N-methyl/N-ethyl adjacent to an activating group) is 3. The minimum atomic E-state index is -1.10. The SMILES string of the molecule is CCN(CC)C(=O)Cc1c2cc(C(=O)O)cc1COCc1cc(C(C)(C)C)cc(c1CC(=O)N(CC)CC)COCc1cc(C(C)(C)C)cc(c1CC(=O)N(CC)CC)COC2. The molecule has 1 heterocycles. The van der Waals surface area contributed by atoms with Crippen LogP contribution in [0.4, 0.5) is 0 Å². The average Bonchev–Trinajstić information content (AvgIpc) is 3.20. The van der Waals surface area contributed by atoms with E-state index < -0.39 is 5.97 Å². The summed E-state index contributed by atoms with van der Waals surface area (Å²) in [4.78, 5) is 59.7. The minimum Gasteiger partial charge on any atom is -0.478 e. The largest absolute Gasteiger partial charge is 0.478 e. The molecular formula is C51H73N3O8. The molecule has 0 saturated heterocycles. The van der Waals surface area contributed by atoms with Crippen LogP contribution in [0.2, 0.25) is 0 Å². The number of hydrogen-bond acceptors (Lipinski definition) is 7. The van der Waals surface area contributed by atoms with Crippen molar-refractivity contribution in [3.8, 4) is 0 Å². The van der Waals surface area contributed by atoms with Crippen LogP contribution in [0, 0.1) is 0 Å². The lowest BCUT2D eigenvalue weighted by molar-refractivity contribution is -0.130. The van der Waals surface area contributed by atoms with Crippen molar-refractivity contribution in [2.75, 3.05) is 39.3 Å². The highest BCUT2D eigenvalue weighted by atomic mass is 16.5. The third kappa shape index (κ3) is 12.8. The van der Waals surface area contributed by atoms with Crippen molar-refractivity contribution in [1.29, 1.82) is 0 Å². The monoisotopic (exact) mass is 856 g/mol. The molecule has 3 amide bonds. The van der Waals surface area contributed by atoms with Crippen LogP contribution in [-0.4, -0.2) is 82.8 Å². The van der Waals surface area contributed by atoms with Crippen LogP contribution in [-0.2, 0) is 98.3 Å². The molecule has 3 aromatic carbocycles. The minimum absolute atomic E-state index is 0.00104. The normalized spacial score (nSPS) is 13.8. The number of benzene rings is 3. The Balaban J connectivity index is 2.04. The number of amides is 3. The Morgan fingerprint density at radius 1 is 0.452 bits per heavy atom. The van der Waals surface area contributed by atoms with Gasteiger partial charge in [0.05, 0.1) is 64.5 Å². The van der Waals surface area contributed by atoms with Crippen molar-refractivity contribution in [3.63, 3.8) is 0 Å². The number of fused-ring (bicyclic) bond motifs is 6. The zero-order valence-electron chi connectivity index (χ0n) is 39.7. The Kier molecular flexibility index (Phi) is 17.9. The molecule has 0 fully saturated rings. The molecule has 11 nitrogen and oxygen atoms in total. The Bertz CT molecular complexity index is 1930. The van der Waals surface area contributed by atoms with Crippen molar-refractivity contribution < 1.29 is 38.5 Å². The summed E-state index contributed by atoms with van der Waals surface area (Å²) in [5.74, 6) is -1.18. The van der Waals surface area contributed by atoms with E-state index in [1.807, 2.05) is 51.3 Å². The molecule has 0 spiro atoms. The van der Waals surface area contributed by atoms with Gasteiger partial charge in [-0.3, -0.25) is 14.4 Å². The van der Waals surface area contributed by atoms with Crippen LogP contribution >= 0.6 is 0 Å². The first-order valence-corrected chi connectivity index (χ1v) is 22.5. The number of rotatable bonds is 13. The maximum absolute atomic E-state index is 13.9. The second-order valence-electron chi connectivity index (χ2n) is 18.3. The van der Waals surface area contributed by atoms with Gasteiger partial charge in [0.2, 0.25) is 17.7 Å². The third-order valence-electron chi connectivity index (χ3n) is 12.2. The molecule has 1 N–H and O–H groups in total. The first-order valence-electron chi connectivity index (χ1n) is 22.5. The molecule has 1 aliphatic heterocycles. The zero-order chi connectivity index (χ0) is 45.9. The highest BCUT2D eigenvalue weighted by Crippen LogP contribution is 2.33. The molecule has 340 valence electrons. The van der Waals surface area contributed by atoms with Crippen LogP contribution in [0.1, 0.15) is 155 Å². The van der Waals surface area contributed by atoms with Crippen molar-refractivity contribution in [2.24, 2.45) is 0 Å². The van der Waals surface area contributed by atoms with E-state index in [1.165, 1.54) is 0 Å². The molecule has 1 aliphatic rings. The lowest BCUT2D eigenvalue weighted by Crippen LogP contribution is -2.32. The maximum Gasteiger partial charge on any atom is 0.335 e. The molecule has 0 radical (unpaired) electrons. The highest BCUT2D eigenvalue weighted by molar-refractivity contribution is 5.89. The molecule has 0 aliphatic carbocycles. The number of carboxylic acids is 1. The van der Waals surface area contributed by atoms with Gasteiger partial charge in [-0.2, -0.15) is 0 Å². The molecule has 6 bridgehead atoms. The number of nitrogens with zero attached hydrogens (tertiary/aromatic N) is 3. The van der Waals surface area contributed by atoms with Gasteiger partial charge in [0, 0.05) is 39.3 Å². The van der Waals surface area contributed by atoms with E-state index in [9.17, 15) is 24.3 Å². The fourth-order valence-electron chi connectivity index (χ4n) is 8.17. The van der Waals surface area contributed by atoms with Crippen LogP contribution in [0.25, 0.3) is 0 Å². The van der Waals surface area contributed by atoms with E-state index in [0.717, 1.165) is 44.5 Å². The molecular weight excluding hydrogens is 783 g/mol. The summed E-state index contributed by atoms with van der Waals surface area (Å²) in [5.41, 5.74) is 8.66. The lowest BCUT2D eigenvalue weighted by atomic mass is 9.82. The summed E-state index contributed by atoms with van der Waals surface area (Å²) in [7, 11) is 0. The molecule has 3 aromatic rings. The van der Waals surface area contributed by atoms with Crippen molar-refractivity contribution in [1.82, 2.24) is 14.7 Å². The fourth-order valence-corrected chi connectivity index (χ4v) is 8.17. The van der Waals surface area contributed by atoms with Gasteiger partial charge in [-0.1, -0.05) is 65.8 Å². The summed E-state index contributed by atoms with van der Waals surface area (Å²) >= 11 is 0. The summed E-state index contributed by atoms with van der Waals surface area (Å²) in [6.07, 6.45) is 0.337. The van der Waals surface area contributed by atoms with Gasteiger partial charge in [-0.15, -0.1) is 0 Å². The van der Waals surface area contributed by atoms with Gasteiger partial charge in [-0.25, -0.2) is 4.79 Å². The van der Waals surface area contributed by atoms with Crippen molar-refractivity contribution in [2.45, 2.75) is 153 Å². The number of ether oxygens (including phenoxy) is 3. The second kappa shape index (κ2) is 22.2. The van der Waals surface area contributed by atoms with Gasteiger partial charge >= 0.3 is 5.97 Å². The summed E-state index contributed by atoms with van der Waals surface area (Å²) < 4.78 is 19.8. The number of hydrogen-bond donors (Lipinski definition) is 1. The number of carbonyl (C=O) groups excluding carboxylic acids is 3. The average molecular weight is 856 g/mol.